The summed E-state index contributed by atoms with van der Waals surface area (Å²) < 4.78 is 3.26. The van der Waals surface area contributed by atoms with Gasteiger partial charge in [-0.05, 0) is 40.4 Å². The second kappa shape index (κ2) is 6.02. The average Bonchev–Trinajstić information content (AvgIpc) is 2.85. The second-order valence-corrected chi connectivity index (χ2v) is 6.54. The lowest BCUT2D eigenvalue weighted by Gasteiger charge is -2.15. The normalized spacial score (nSPS) is 23.2. The van der Waals surface area contributed by atoms with Crippen LogP contribution in [0.1, 0.15) is 18.2 Å². The van der Waals surface area contributed by atoms with Crippen LogP contribution in [0.4, 0.5) is 0 Å². The van der Waals surface area contributed by atoms with Crippen LogP contribution in [0.3, 0.4) is 0 Å². The summed E-state index contributed by atoms with van der Waals surface area (Å²) in [4.78, 5) is 6.94. The molecule has 0 radical (unpaired) electrons. The van der Waals surface area contributed by atoms with Gasteiger partial charge < -0.3 is 10.1 Å². The highest BCUT2D eigenvalue weighted by Gasteiger charge is 2.26. The van der Waals surface area contributed by atoms with Crippen molar-refractivity contribution in [1.29, 1.82) is 0 Å². The van der Waals surface area contributed by atoms with E-state index in [1.54, 1.807) is 0 Å². The molecule has 0 saturated carbocycles. The largest absolute Gasteiger partial charge is 0.326 e. The summed E-state index contributed by atoms with van der Waals surface area (Å²) in [6.07, 6.45) is 4.06. The van der Waals surface area contributed by atoms with Gasteiger partial charge in [-0.1, -0.05) is 6.92 Å². The molecule has 0 aliphatic carbocycles. The van der Waals surface area contributed by atoms with Crippen molar-refractivity contribution in [3.63, 3.8) is 0 Å². The minimum Gasteiger partial charge on any atom is -0.326 e. The standard InChI is InChI=1S/C14H19BrN4.ClH/c1-9-3-11(15)6-19-12(4-17-14(9)19)7-18-5-10(2)13(16)8-18;/h3-4,6,10,13H,5,7-8,16H2,1-2H3;1H. The van der Waals surface area contributed by atoms with E-state index < -0.39 is 0 Å². The summed E-state index contributed by atoms with van der Waals surface area (Å²) in [5, 5.41) is 0. The summed E-state index contributed by atoms with van der Waals surface area (Å²) >= 11 is 3.55. The van der Waals surface area contributed by atoms with Crippen LogP contribution in [-0.2, 0) is 6.54 Å². The summed E-state index contributed by atoms with van der Waals surface area (Å²) in [7, 11) is 0. The van der Waals surface area contributed by atoms with Crippen LogP contribution < -0.4 is 5.73 Å². The fourth-order valence-electron chi connectivity index (χ4n) is 2.83. The summed E-state index contributed by atoms with van der Waals surface area (Å²) in [5.41, 5.74) is 9.53. The van der Waals surface area contributed by atoms with Gasteiger partial charge in [0, 0.05) is 36.3 Å². The summed E-state index contributed by atoms with van der Waals surface area (Å²) in [5.74, 6) is 0.577. The first kappa shape index (κ1) is 15.8. The van der Waals surface area contributed by atoms with E-state index in [1.807, 2.05) is 6.20 Å². The topological polar surface area (TPSA) is 46.6 Å². The molecule has 110 valence electrons. The molecule has 2 atom stereocenters. The van der Waals surface area contributed by atoms with Gasteiger partial charge in [-0.2, -0.15) is 0 Å². The Morgan fingerprint density at radius 1 is 1.45 bits per heavy atom. The second-order valence-electron chi connectivity index (χ2n) is 5.62. The molecule has 0 amide bonds. The van der Waals surface area contributed by atoms with Crippen LogP contribution in [0, 0.1) is 12.8 Å². The molecule has 0 aromatic carbocycles. The highest BCUT2D eigenvalue weighted by molar-refractivity contribution is 9.10. The Balaban J connectivity index is 0.00000147. The van der Waals surface area contributed by atoms with Gasteiger partial charge in [0.1, 0.15) is 5.65 Å². The maximum Gasteiger partial charge on any atom is 0.139 e. The van der Waals surface area contributed by atoms with Gasteiger partial charge in [-0.15, -0.1) is 12.4 Å². The van der Waals surface area contributed by atoms with Crippen molar-refractivity contribution in [2.75, 3.05) is 13.1 Å². The molecule has 0 spiro atoms. The fraction of sp³-hybridized carbons (Fsp3) is 0.500. The first-order valence-electron chi connectivity index (χ1n) is 6.64. The molecular weight excluding hydrogens is 340 g/mol. The van der Waals surface area contributed by atoms with E-state index in [0.29, 0.717) is 12.0 Å². The van der Waals surface area contributed by atoms with Gasteiger partial charge in [0.05, 0.1) is 11.9 Å². The molecule has 2 aromatic heterocycles. The Hall–Kier alpha value is -0.620. The molecule has 2 aromatic rings. The third-order valence-corrected chi connectivity index (χ3v) is 4.40. The SMILES string of the molecule is Cc1cc(Br)cn2c(CN3CC(C)C(N)C3)cnc12.Cl. The minimum atomic E-state index is 0. The maximum absolute atomic E-state index is 6.09. The lowest BCUT2D eigenvalue weighted by molar-refractivity contribution is 0.314. The molecule has 3 heterocycles. The monoisotopic (exact) mass is 358 g/mol. The van der Waals surface area contributed by atoms with E-state index in [2.05, 4.69) is 56.3 Å². The molecule has 20 heavy (non-hydrogen) atoms. The van der Waals surface area contributed by atoms with Crippen LogP contribution in [-0.4, -0.2) is 33.4 Å². The van der Waals surface area contributed by atoms with Crippen molar-refractivity contribution < 1.29 is 0 Å². The first-order chi connectivity index (χ1) is 9.04. The third-order valence-electron chi connectivity index (χ3n) is 3.96. The first-order valence-corrected chi connectivity index (χ1v) is 7.44. The van der Waals surface area contributed by atoms with E-state index in [0.717, 1.165) is 29.8 Å². The smallest absolute Gasteiger partial charge is 0.139 e. The molecule has 2 unspecified atom stereocenters. The summed E-state index contributed by atoms with van der Waals surface area (Å²) in [6.45, 7) is 7.27. The molecular formula is C14H20BrClN4. The average molecular weight is 360 g/mol. The number of likely N-dealkylation sites (tertiary alicyclic amines) is 1. The maximum atomic E-state index is 6.09. The number of nitrogens with two attached hydrogens (primary N) is 1. The Labute approximate surface area is 133 Å². The van der Waals surface area contributed by atoms with E-state index in [1.165, 1.54) is 11.3 Å². The molecule has 2 N–H and O–H groups in total. The molecule has 4 nitrogen and oxygen atoms in total. The van der Waals surface area contributed by atoms with Crippen LogP contribution >= 0.6 is 28.3 Å². The number of fused-ring (bicyclic) bond motifs is 1. The van der Waals surface area contributed by atoms with E-state index in [-0.39, 0.29) is 12.4 Å². The van der Waals surface area contributed by atoms with Gasteiger partial charge in [0.25, 0.3) is 0 Å². The zero-order valence-corrected chi connectivity index (χ0v) is 14.1. The number of hydrogen-bond acceptors (Lipinski definition) is 3. The third kappa shape index (κ3) is 2.86. The lowest BCUT2D eigenvalue weighted by atomic mass is 10.1. The summed E-state index contributed by atoms with van der Waals surface area (Å²) in [6, 6.07) is 2.40. The van der Waals surface area contributed by atoms with Crippen LogP contribution in [0.25, 0.3) is 5.65 Å². The van der Waals surface area contributed by atoms with Gasteiger partial charge in [0.2, 0.25) is 0 Å². The molecule has 1 fully saturated rings. The molecule has 1 aliphatic rings. The molecule has 3 rings (SSSR count). The number of nitrogens with zero attached hydrogens (tertiary/aromatic N) is 3. The molecule has 1 aliphatic heterocycles. The van der Waals surface area contributed by atoms with E-state index >= 15 is 0 Å². The van der Waals surface area contributed by atoms with Gasteiger partial charge in [0.15, 0.2) is 0 Å². The van der Waals surface area contributed by atoms with Crippen molar-refractivity contribution >= 4 is 34.0 Å². The fourth-order valence-corrected chi connectivity index (χ4v) is 3.38. The van der Waals surface area contributed by atoms with Gasteiger partial charge in [-0.3, -0.25) is 4.90 Å². The predicted octanol–water partition coefficient (Wildman–Crippen LogP) is 2.61. The van der Waals surface area contributed by atoms with Crippen molar-refractivity contribution in [3.8, 4) is 0 Å². The number of aromatic nitrogens is 2. The van der Waals surface area contributed by atoms with E-state index in [4.69, 9.17) is 5.73 Å². The highest BCUT2D eigenvalue weighted by Crippen LogP contribution is 2.21. The zero-order chi connectivity index (χ0) is 13.6. The lowest BCUT2D eigenvalue weighted by Crippen LogP contribution is -2.28. The van der Waals surface area contributed by atoms with Crippen molar-refractivity contribution in [1.82, 2.24) is 14.3 Å². The van der Waals surface area contributed by atoms with Crippen LogP contribution in [0.2, 0.25) is 0 Å². The predicted molar refractivity (Wildman–Crippen MR) is 87.3 cm³/mol. The van der Waals surface area contributed by atoms with Gasteiger partial charge in [-0.25, -0.2) is 4.98 Å². The number of aryl methyl sites for hydroxylation is 1. The van der Waals surface area contributed by atoms with E-state index in [9.17, 15) is 0 Å². The minimum absolute atomic E-state index is 0. The Morgan fingerprint density at radius 2 is 2.20 bits per heavy atom. The molecule has 0 bridgehead atoms. The number of halogens is 2. The zero-order valence-electron chi connectivity index (χ0n) is 11.7. The van der Waals surface area contributed by atoms with Crippen LogP contribution in [0.5, 0.6) is 0 Å². The Bertz CT molecular complexity index is 602. The van der Waals surface area contributed by atoms with Crippen molar-refractivity contribution in [2.24, 2.45) is 11.7 Å². The van der Waals surface area contributed by atoms with Crippen LogP contribution in [0.15, 0.2) is 22.9 Å². The van der Waals surface area contributed by atoms with Crippen molar-refractivity contribution in [3.05, 3.63) is 34.2 Å². The van der Waals surface area contributed by atoms with Crippen molar-refractivity contribution in [2.45, 2.75) is 26.4 Å². The number of imidazole rings is 1. The molecule has 6 heteroatoms. The highest BCUT2D eigenvalue weighted by atomic mass is 79.9. The number of hydrogen-bond donors (Lipinski definition) is 1. The number of pyridine rings is 1. The number of rotatable bonds is 2. The quantitative estimate of drug-likeness (QED) is 0.896. The molecule has 1 saturated heterocycles. The Kier molecular flexibility index (Phi) is 4.74. The van der Waals surface area contributed by atoms with Gasteiger partial charge >= 0.3 is 0 Å². The Morgan fingerprint density at radius 3 is 2.85 bits per heavy atom.